The van der Waals surface area contributed by atoms with Gasteiger partial charge in [0.15, 0.2) is 0 Å². The molecule has 1 aliphatic carbocycles. The first-order valence-corrected chi connectivity index (χ1v) is 9.98. The maximum Gasteiger partial charge on any atom is 0.426 e. The first-order valence-electron chi connectivity index (χ1n) is 9.98. The Morgan fingerprint density at radius 1 is 0.926 bits per heavy atom. The third-order valence-electron chi connectivity index (χ3n) is 6.10. The van der Waals surface area contributed by atoms with Gasteiger partial charge in [-0.15, -0.1) is 0 Å². The molecule has 2 aromatic rings. The summed E-state index contributed by atoms with van der Waals surface area (Å²) in [7, 11) is 0. The Bertz CT molecular complexity index is 748. The predicted molar refractivity (Wildman–Crippen MR) is 106 cm³/mol. The molecule has 0 aliphatic heterocycles. The van der Waals surface area contributed by atoms with Crippen LogP contribution in [0.4, 0.5) is 8.78 Å². The first kappa shape index (κ1) is 19.9. The third kappa shape index (κ3) is 4.88. The second-order valence-corrected chi connectivity index (χ2v) is 8.33. The van der Waals surface area contributed by atoms with Gasteiger partial charge < -0.3 is 4.74 Å². The quantitative estimate of drug-likeness (QED) is 0.543. The van der Waals surface area contributed by atoms with Crippen LogP contribution in [0.25, 0.3) is 0 Å². The van der Waals surface area contributed by atoms with Crippen molar-refractivity contribution in [1.82, 2.24) is 0 Å². The molecule has 0 unspecified atom stereocenters. The van der Waals surface area contributed by atoms with Crippen molar-refractivity contribution in [2.24, 2.45) is 11.8 Å². The highest BCUT2D eigenvalue weighted by Gasteiger charge is 2.34. The SMILES string of the molecule is Cc1cc(OC(F)(F)c2ccc(CC3CCC(C)CC3)cc2)cc(C)c1C. The van der Waals surface area contributed by atoms with Crippen molar-refractivity contribution in [3.8, 4) is 5.75 Å². The zero-order chi connectivity index (χ0) is 19.6. The second kappa shape index (κ2) is 8.00. The highest BCUT2D eigenvalue weighted by molar-refractivity contribution is 5.40. The Morgan fingerprint density at radius 3 is 2.04 bits per heavy atom. The Kier molecular flexibility index (Phi) is 5.88. The molecule has 146 valence electrons. The van der Waals surface area contributed by atoms with Crippen LogP contribution in [0, 0.1) is 32.6 Å². The normalized spacial score (nSPS) is 20.5. The lowest BCUT2D eigenvalue weighted by atomic mass is 9.80. The van der Waals surface area contributed by atoms with Gasteiger partial charge in [-0.2, -0.15) is 8.78 Å². The lowest BCUT2D eigenvalue weighted by Gasteiger charge is -2.26. The van der Waals surface area contributed by atoms with Crippen LogP contribution in [0.2, 0.25) is 0 Å². The van der Waals surface area contributed by atoms with Gasteiger partial charge in [-0.25, -0.2) is 0 Å². The fraction of sp³-hybridized carbons (Fsp3) is 0.500. The van der Waals surface area contributed by atoms with E-state index in [-0.39, 0.29) is 11.3 Å². The topological polar surface area (TPSA) is 9.23 Å². The number of aryl methyl sites for hydroxylation is 2. The van der Waals surface area contributed by atoms with E-state index in [0.29, 0.717) is 5.92 Å². The monoisotopic (exact) mass is 372 g/mol. The zero-order valence-corrected chi connectivity index (χ0v) is 16.8. The second-order valence-electron chi connectivity index (χ2n) is 8.33. The molecule has 1 nitrogen and oxygen atoms in total. The minimum atomic E-state index is -3.34. The van der Waals surface area contributed by atoms with E-state index >= 15 is 0 Å². The van der Waals surface area contributed by atoms with E-state index in [1.54, 1.807) is 12.1 Å². The molecule has 0 radical (unpaired) electrons. The van der Waals surface area contributed by atoms with Gasteiger partial charge in [0.1, 0.15) is 5.75 Å². The summed E-state index contributed by atoms with van der Waals surface area (Å²) in [6, 6.07) is 10.0. The molecule has 0 bridgehead atoms. The number of hydrogen-bond acceptors (Lipinski definition) is 1. The van der Waals surface area contributed by atoms with Crippen molar-refractivity contribution in [3.63, 3.8) is 0 Å². The van der Waals surface area contributed by atoms with Crippen molar-refractivity contribution in [1.29, 1.82) is 0 Å². The van der Waals surface area contributed by atoms with E-state index in [2.05, 4.69) is 6.92 Å². The summed E-state index contributed by atoms with van der Waals surface area (Å²) < 4.78 is 34.3. The van der Waals surface area contributed by atoms with Gasteiger partial charge in [0.05, 0.1) is 5.56 Å². The van der Waals surface area contributed by atoms with Crippen LogP contribution < -0.4 is 4.74 Å². The molecule has 1 aliphatic rings. The van der Waals surface area contributed by atoms with E-state index in [4.69, 9.17) is 4.74 Å². The highest BCUT2D eigenvalue weighted by Crippen LogP contribution is 2.34. The first-order chi connectivity index (χ1) is 12.7. The van der Waals surface area contributed by atoms with Gasteiger partial charge in [-0.1, -0.05) is 31.9 Å². The molecule has 1 saturated carbocycles. The van der Waals surface area contributed by atoms with Gasteiger partial charge >= 0.3 is 6.11 Å². The van der Waals surface area contributed by atoms with Crippen LogP contribution in [-0.4, -0.2) is 0 Å². The summed E-state index contributed by atoms with van der Waals surface area (Å²) in [5, 5.41) is 0. The van der Waals surface area contributed by atoms with E-state index in [0.717, 1.165) is 34.6 Å². The Morgan fingerprint density at radius 2 is 1.48 bits per heavy atom. The summed E-state index contributed by atoms with van der Waals surface area (Å²) in [5.41, 5.74) is 4.05. The van der Waals surface area contributed by atoms with Gasteiger partial charge in [-0.05, 0) is 98.4 Å². The fourth-order valence-electron chi connectivity index (χ4n) is 3.96. The van der Waals surface area contributed by atoms with Crippen LogP contribution in [-0.2, 0) is 12.5 Å². The zero-order valence-electron chi connectivity index (χ0n) is 16.8. The van der Waals surface area contributed by atoms with Crippen molar-refractivity contribution >= 4 is 0 Å². The lowest BCUT2D eigenvalue weighted by Crippen LogP contribution is -2.22. The Labute approximate surface area is 161 Å². The Balaban J connectivity index is 1.68. The number of ether oxygens (including phenoxy) is 1. The molecular formula is C24H30F2O. The molecule has 0 heterocycles. The van der Waals surface area contributed by atoms with Crippen molar-refractivity contribution in [3.05, 3.63) is 64.2 Å². The summed E-state index contributed by atoms with van der Waals surface area (Å²) in [6.45, 7) is 8.12. The average Bonchev–Trinajstić information content (AvgIpc) is 2.62. The molecule has 0 saturated heterocycles. The number of alkyl halides is 2. The summed E-state index contributed by atoms with van der Waals surface area (Å²) >= 11 is 0. The van der Waals surface area contributed by atoms with Gasteiger partial charge in [-0.3, -0.25) is 0 Å². The molecule has 0 aromatic heterocycles. The summed E-state index contributed by atoms with van der Waals surface area (Å²) in [5.74, 6) is 1.72. The van der Waals surface area contributed by atoms with Gasteiger partial charge in [0.25, 0.3) is 0 Å². The molecular weight excluding hydrogens is 342 g/mol. The minimum Gasteiger partial charge on any atom is -0.429 e. The van der Waals surface area contributed by atoms with E-state index < -0.39 is 6.11 Å². The standard InChI is InChI=1S/C24H30F2O/c1-16-5-7-20(8-6-16)15-21-9-11-22(12-10-21)24(25,26)27-23-13-17(2)19(4)18(3)14-23/h9-14,16,20H,5-8,15H2,1-4H3. The van der Waals surface area contributed by atoms with Crippen molar-refractivity contribution < 1.29 is 13.5 Å². The summed E-state index contributed by atoms with van der Waals surface area (Å²) in [4.78, 5) is 0. The van der Waals surface area contributed by atoms with Gasteiger partial charge in [0, 0.05) is 0 Å². The smallest absolute Gasteiger partial charge is 0.426 e. The average molecular weight is 372 g/mol. The van der Waals surface area contributed by atoms with Crippen molar-refractivity contribution in [2.75, 3.05) is 0 Å². The highest BCUT2D eigenvalue weighted by atomic mass is 19.3. The molecule has 0 amide bonds. The van der Waals surface area contributed by atoms with E-state index in [1.807, 2.05) is 32.9 Å². The molecule has 0 spiro atoms. The molecule has 27 heavy (non-hydrogen) atoms. The van der Waals surface area contributed by atoms with Crippen LogP contribution >= 0.6 is 0 Å². The van der Waals surface area contributed by atoms with Crippen LogP contribution in [0.1, 0.15) is 60.4 Å². The van der Waals surface area contributed by atoms with E-state index in [1.165, 1.54) is 37.8 Å². The molecule has 2 aromatic carbocycles. The summed E-state index contributed by atoms with van der Waals surface area (Å²) in [6.07, 6.45) is 2.69. The number of rotatable bonds is 5. The lowest BCUT2D eigenvalue weighted by molar-refractivity contribution is -0.185. The number of halogens is 2. The predicted octanol–water partition coefficient (Wildman–Crippen LogP) is 7.11. The Hall–Kier alpha value is -1.90. The third-order valence-corrected chi connectivity index (χ3v) is 6.10. The number of hydrogen-bond donors (Lipinski definition) is 0. The molecule has 1 fully saturated rings. The molecule has 0 atom stereocenters. The fourth-order valence-corrected chi connectivity index (χ4v) is 3.96. The van der Waals surface area contributed by atoms with E-state index in [9.17, 15) is 8.78 Å². The maximum atomic E-state index is 14.6. The van der Waals surface area contributed by atoms with Gasteiger partial charge in [0.2, 0.25) is 0 Å². The molecule has 3 heteroatoms. The van der Waals surface area contributed by atoms with Crippen LogP contribution in [0.5, 0.6) is 5.75 Å². The van der Waals surface area contributed by atoms with Crippen molar-refractivity contribution in [2.45, 2.75) is 65.9 Å². The largest absolute Gasteiger partial charge is 0.429 e. The number of benzene rings is 2. The van der Waals surface area contributed by atoms with Crippen LogP contribution in [0.3, 0.4) is 0 Å². The molecule has 0 N–H and O–H groups in total. The maximum absolute atomic E-state index is 14.6. The minimum absolute atomic E-state index is 0.0978. The van der Waals surface area contributed by atoms with Crippen LogP contribution in [0.15, 0.2) is 36.4 Å². The molecule has 3 rings (SSSR count).